The van der Waals surface area contributed by atoms with Crippen LogP contribution in [0.4, 0.5) is 0 Å². The fraction of sp³-hybridized carbons (Fsp3) is 0. The molecule has 3 aromatic heterocycles. The Hall–Kier alpha value is -5.64. The highest BCUT2D eigenvalue weighted by molar-refractivity contribution is 7.25. The first kappa shape index (κ1) is 24.8. The molecule has 210 valence electrons. The van der Waals surface area contributed by atoms with Gasteiger partial charge in [-0.2, -0.15) is 0 Å². The average Bonchev–Trinajstić information content (AvgIpc) is 3.75. The van der Waals surface area contributed by atoms with Crippen molar-refractivity contribution < 1.29 is 0 Å². The molecule has 0 unspecified atom stereocenters. The summed E-state index contributed by atoms with van der Waals surface area (Å²) in [4.78, 5) is 0. The molecule has 3 heteroatoms. The highest BCUT2D eigenvalue weighted by Gasteiger charge is 2.16. The number of benzene rings is 7. The van der Waals surface area contributed by atoms with Crippen LogP contribution in [0.5, 0.6) is 0 Å². The average molecular weight is 591 g/mol. The van der Waals surface area contributed by atoms with E-state index in [0.717, 1.165) is 0 Å². The van der Waals surface area contributed by atoms with Crippen LogP contribution >= 0.6 is 11.3 Å². The zero-order valence-corrected chi connectivity index (χ0v) is 25.1. The second-order valence-corrected chi connectivity index (χ2v) is 12.9. The van der Waals surface area contributed by atoms with E-state index in [9.17, 15) is 0 Å². The van der Waals surface area contributed by atoms with E-state index >= 15 is 0 Å². The second kappa shape index (κ2) is 9.43. The van der Waals surface area contributed by atoms with Gasteiger partial charge in [-0.25, -0.2) is 0 Å². The zero-order chi connectivity index (χ0) is 29.5. The maximum absolute atomic E-state index is 2.44. The summed E-state index contributed by atoms with van der Waals surface area (Å²) < 4.78 is 7.49. The van der Waals surface area contributed by atoms with Crippen LogP contribution in [0.25, 0.3) is 86.3 Å². The minimum absolute atomic E-state index is 1.17. The number of hydrogen-bond donors (Lipinski definition) is 0. The van der Waals surface area contributed by atoms with Crippen molar-refractivity contribution in [2.45, 2.75) is 0 Å². The molecule has 0 fully saturated rings. The zero-order valence-electron chi connectivity index (χ0n) is 24.3. The van der Waals surface area contributed by atoms with Crippen molar-refractivity contribution in [3.8, 4) is 22.5 Å². The van der Waals surface area contributed by atoms with Crippen LogP contribution < -0.4 is 0 Å². The molecule has 0 aliphatic heterocycles. The Bertz CT molecular complexity index is 2720. The SMILES string of the molecule is c1cc(-c2ccc3c4ccccc4n(-c4ccc5sc6ccccc6c5c4)c3c2)cc(-n2c3ccccc3c3ccccc32)c1. The third kappa shape index (κ3) is 3.62. The molecule has 0 saturated heterocycles. The molecular formula is C42H26N2S. The summed E-state index contributed by atoms with van der Waals surface area (Å²) in [5.41, 5.74) is 9.65. The van der Waals surface area contributed by atoms with Gasteiger partial charge in [-0.05, 0) is 71.8 Å². The van der Waals surface area contributed by atoms with Crippen LogP contribution in [0, 0.1) is 0 Å². The van der Waals surface area contributed by atoms with E-state index in [-0.39, 0.29) is 0 Å². The standard InChI is InChI=1S/C42H26N2S/c1-5-16-37-31(12-1)32-13-2-6-17-38(32)43(37)29-11-9-10-27(24-29)28-20-22-34-33-14-3-7-18-39(33)44(40(34)25-28)30-21-23-42-36(26-30)35-15-4-8-19-41(35)45-42/h1-26H. The number of aromatic nitrogens is 2. The normalized spacial score (nSPS) is 12.0. The molecule has 0 amide bonds. The number of nitrogens with zero attached hydrogens (tertiary/aromatic N) is 2. The van der Waals surface area contributed by atoms with Gasteiger partial charge in [-0.1, -0.05) is 97.1 Å². The number of fused-ring (bicyclic) bond motifs is 9. The van der Waals surface area contributed by atoms with Gasteiger partial charge in [-0.3, -0.25) is 0 Å². The van der Waals surface area contributed by atoms with Gasteiger partial charge in [0.25, 0.3) is 0 Å². The van der Waals surface area contributed by atoms with Gasteiger partial charge in [0.05, 0.1) is 22.1 Å². The smallest absolute Gasteiger partial charge is 0.0547 e. The fourth-order valence-electron chi connectivity index (χ4n) is 7.31. The van der Waals surface area contributed by atoms with E-state index < -0.39 is 0 Å². The van der Waals surface area contributed by atoms with E-state index in [1.165, 1.54) is 86.3 Å². The Kier molecular flexibility index (Phi) is 5.19. The van der Waals surface area contributed by atoms with Crippen molar-refractivity contribution in [2.24, 2.45) is 0 Å². The lowest BCUT2D eigenvalue weighted by molar-refractivity contribution is 1.18. The van der Waals surface area contributed by atoms with E-state index in [0.29, 0.717) is 0 Å². The number of para-hydroxylation sites is 3. The maximum Gasteiger partial charge on any atom is 0.0547 e. The molecule has 10 rings (SSSR count). The summed E-state index contributed by atoms with van der Waals surface area (Å²) in [5.74, 6) is 0. The largest absolute Gasteiger partial charge is 0.309 e. The van der Waals surface area contributed by atoms with Gasteiger partial charge < -0.3 is 9.13 Å². The highest BCUT2D eigenvalue weighted by atomic mass is 32.1. The van der Waals surface area contributed by atoms with Crippen molar-refractivity contribution in [1.82, 2.24) is 9.13 Å². The van der Waals surface area contributed by atoms with Crippen molar-refractivity contribution in [3.05, 3.63) is 158 Å². The van der Waals surface area contributed by atoms with Crippen LogP contribution in [-0.2, 0) is 0 Å². The van der Waals surface area contributed by atoms with Crippen LogP contribution in [0.15, 0.2) is 158 Å². The van der Waals surface area contributed by atoms with Gasteiger partial charge in [0.2, 0.25) is 0 Å². The minimum Gasteiger partial charge on any atom is -0.309 e. The Labute approximate surface area is 263 Å². The molecule has 0 aliphatic carbocycles. The van der Waals surface area contributed by atoms with Gasteiger partial charge in [0, 0.05) is 53.1 Å². The predicted octanol–water partition coefficient (Wildman–Crippen LogP) is 11.9. The molecule has 0 atom stereocenters. The molecule has 0 radical (unpaired) electrons. The molecule has 0 N–H and O–H groups in total. The molecule has 0 spiro atoms. The van der Waals surface area contributed by atoms with Crippen molar-refractivity contribution in [2.75, 3.05) is 0 Å². The topological polar surface area (TPSA) is 9.86 Å². The Morgan fingerprint density at radius 2 is 0.844 bits per heavy atom. The van der Waals surface area contributed by atoms with Crippen LogP contribution in [0.2, 0.25) is 0 Å². The molecule has 0 saturated carbocycles. The lowest BCUT2D eigenvalue weighted by atomic mass is 10.0. The predicted molar refractivity (Wildman–Crippen MR) is 193 cm³/mol. The van der Waals surface area contributed by atoms with Crippen molar-refractivity contribution in [3.63, 3.8) is 0 Å². The van der Waals surface area contributed by atoms with Crippen LogP contribution in [0.3, 0.4) is 0 Å². The van der Waals surface area contributed by atoms with E-state index in [2.05, 4.69) is 167 Å². The first-order chi connectivity index (χ1) is 22.3. The van der Waals surface area contributed by atoms with Crippen molar-refractivity contribution in [1.29, 1.82) is 0 Å². The Morgan fingerprint density at radius 3 is 1.56 bits per heavy atom. The van der Waals surface area contributed by atoms with Gasteiger partial charge >= 0.3 is 0 Å². The molecule has 45 heavy (non-hydrogen) atoms. The first-order valence-electron chi connectivity index (χ1n) is 15.4. The Morgan fingerprint density at radius 1 is 0.311 bits per heavy atom. The fourth-order valence-corrected chi connectivity index (χ4v) is 8.39. The minimum atomic E-state index is 1.17. The first-order valence-corrected chi connectivity index (χ1v) is 16.2. The molecule has 0 bridgehead atoms. The third-order valence-corrected chi connectivity index (χ3v) is 10.5. The van der Waals surface area contributed by atoms with Gasteiger partial charge in [0.15, 0.2) is 0 Å². The summed E-state index contributed by atoms with van der Waals surface area (Å²) in [6, 6.07) is 57.8. The van der Waals surface area contributed by atoms with Crippen molar-refractivity contribution >= 4 is 75.1 Å². The quantitative estimate of drug-likeness (QED) is 0.194. The van der Waals surface area contributed by atoms with E-state index in [4.69, 9.17) is 0 Å². The maximum atomic E-state index is 2.44. The number of thiophene rings is 1. The van der Waals surface area contributed by atoms with E-state index in [1.54, 1.807) is 0 Å². The summed E-state index contributed by atoms with van der Waals surface area (Å²) in [5, 5.41) is 7.73. The highest BCUT2D eigenvalue weighted by Crippen LogP contribution is 2.39. The molecule has 3 heterocycles. The number of rotatable bonds is 3. The van der Waals surface area contributed by atoms with E-state index in [1.807, 2.05) is 11.3 Å². The summed E-state index contributed by atoms with van der Waals surface area (Å²) >= 11 is 1.86. The monoisotopic (exact) mass is 590 g/mol. The molecular weight excluding hydrogens is 565 g/mol. The van der Waals surface area contributed by atoms with Crippen LogP contribution in [0.1, 0.15) is 0 Å². The molecule has 10 aromatic rings. The summed E-state index contributed by atoms with van der Waals surface area (Å²) in [6.45, 7) is 0. The third-order valence-electron chi connectivity index (χ3n) is 9.31. The molecule has 7 aromatic carbocycles. The summed E-state index contributed by atoms with van der Waals surface area (Å²) in [7, 11) is 0. The Balaban J connectivity index is 1.19. The number of hydrogen-bond acceptors (Lipinski definition) is 1. The summed E-state index contributed by atoms with van der Waals surface area (Å²) in [6.07, 6.45) is 0. The van der Waals surface area contributed by atoms with Crippen LogP contribution in [-0.4, -0.2) is 9.13 Å². The van der Waals surface area contributed by atoms with Gasteiger partial charge in [0.1, 0.15) is 0 Å². The molecule has 2 nitrogen and oxygen atoms in total. The second-order valence-electron chi connectivity index (χ2n) is 11.8. The molecule has 0 aliphatic rings. The lowest BCUT2D eigenvalue weighted by Crippen LogP contribution is -1.95. The lowest BCUT2D eigenvalue weighted by Gasteiger charge is -2.12. The van der Waals surface area contributed by atoms with Gasteiger partial charge in [-0.15, -0.1) is 11.3 Å².